The van der Waals surface area contributed by atoms with Crippen LogP contribution in [0.5, 0.6) is 0 Å². The highest BCUT2D eigenvalue weighted by Gasteiger charge is 2.18. The van der Waals surface area contributed by atoms with E-state index in [2.05, 4.69) is 4.98 Å². The highest BCUT2D eigenvalue weighted by Crippen LogP contribution is 2.22. The van der Waals surface area contributed by atoms with E-state index in [1.54, 1.807) is 18.5 Å². The van der Waals surface area contributed by atoms with Gasteiger partial charge in [0.25, 0.3) is 0 Å². The lowest BCUT2D eigenvalue weighted by molar-refractivity contribution is 0.0703. The number of halogens is 1. The van der Waals surface area contributed by atoms with Crippen LogP contribution in [-0.2, 0) is 4.74 Å². The van der Waals surface area contributed by atoms with E-state index in [4.69, 9.17) is 12.6 Å². The Labute approximate surface area is 112 Å². The maximum absolute atomic E-state index is 12.9. The van der Waals surface area contributed by atoms with Crippen LogP contribution in [0.1, 0.15) is 18.9 Å². The van der Waals surface area contributed by atoms with Crippen molar-refractivity contribution >= 4 is 13.4 Å². The Hall–Kier alpha value is -1.62. The van der Waals surface area contributed by atoms with Crippen LogP contribution < -0.4 is 5.59 Å². The zero-order chi connectivity index (χ0) is 13.2. The normalized spacial score (nSPS) is 16.7. The van der Waals surface area contributed by atoms with E-state index < -0.39 is 0 Å². The first-order valence-electron chi connectivity index (χ1n) is 6.41. The number of hydrogen-bond acceptors (Lipinski definition) is 2. The number of hydrogen-bond donors (Lipinski definition) is 0. The maximum Gasteiger partial charge on any atom is 0.141 e. The van der Waals surface area contributed by atoms with Gasteiger partial charge in [-0.25, -0.2) is 9.37 Å². The molecule has 0 spiro atoms. The van der Waals surface area contributed by atoms with Crippen molar-refractivity contribution in [1.82, 2.24) is 9.55 Å². The molecule has 0 amide bonds. The molecule has 1 fully saturated rings. The summed E-state index contributed by atoms with van der Waals surface area (Å²) in [6, 6.07) is 6.57. The molecule has 1 aliphatic heterocycles. The summed E-state index contributed by atoms with van der Waals surface area (Å²) in [4.78, 5) is 4.37. The van der Waals surface area contributed by atoms with Crippen LogP contribution in [0, 0.1) is 5.82 Å². The van der Waals surface area contributed by atoms with Gasteiger partial charge in [-0.3, -0.25) is 0 Å². The molecule has 3 rings (SSSR count). The Morgan fingerprint density at radius 3 is 2.58 bits per heavy atom. The van der Waals surface area contributed by atoms with Crippen molar-refractivity contribution in [3.05, 3.63) is 36.4 Å². The standard InChI is InChI=1S/C14H14BFN2O/c15-14-13(10-1-3-11(16)4-2-10)17-9-18(14)12-5-7-19-8-6-12/h1-4,9,12H,5-8H2. The quantitative estimate of drug-likeness (QED) is 0.766. The number of ether oxygens (including phenoxy) is 1. The largest absolute Gasteiger partial charge is 0.381 e. The number of imidazole rings is 1. The fraction of sp³-hybridized carbons (Fsp3) is 0.357. The number of benzene rings is 1. The van der Waals surface area contributed by atoms with E-state index in [1.807, 2.05) is 4.57 Å². The first kappa shape index (κ1) is 12.4. The second kappa shape index (κ2) is 5.17. The third-order valence-electron chi connectivity index (χ3n) is 3.53. The van der Waals surface area contributed by atoms with Crippen LogP contribution in [0.2, 0.25) is 0 Å². The average Bonchev–Trinajstić information content (AvgIpc) is 2.83. The summed E-state index contributed by atoms with van der Waals surface area (Å²) in [5, 5.41) is 0. The summed E-state index contributed by atoms with van der Waals surface area (Å²) in [5.41, 5.74) is 2.19. The summed E-state index contributed by atoms with van der Waals surface area (Å²) in [6.45, 7) is 1.52. The Bertz CT molecular complexity index is 561. The molecule has 1 aromatic heterocycles. The first-order valence-corrected chi connectivity index (χ1v) is 6.41. The summed E-state index contributed by atoms with van der Waals surface area (Å²) in [5.74, 6) is -0.258. The van der Waals surface area contributed by atoms with Crippen LogP contribution in [0.3, 0.4) is 0 Å². The SMILES string of the molecule is [B]c1c(-c2ccc(F)cc2)ncn1C1CCOCC1. The fourth-order valence-corrected chi connectivity index (χ4v) is 2.46. The third kappa shape index (κ3) is 2.43. The van der Waals surface area contributed by atoms with Crippen LogP contribution in [0.15, 0.2) is 30.6 Å². The molecule has 1 aliphatic rings. The van der Waals surface area contributed by atoms with Crippen LogP contribution in [0.25, 0.3) is 11.3 Å². The van der Waals surface area contributed by atoms with E-state index in [0.717, 1.165) is 31.6 Å². The molecule has 0 aliphatic carbocycles. The highest BCUT2D eigenvalue weighted by molar-refractivity contribution is 6.34. The lowest BCUT2D eigenvalue weighted by Crippen LogP contribution is -2.27. The minimum absolute atomic E-state index is 0.258. The van der Waals surface area contributed by atoms with E-state index in [1.165, 1.54) is 12.1 Å². The number of nitrogens with zero attached hydrogens (tertiary/aromatic N) is 2. The predicted octanol–water partition coefficient (Wildman–Crippen LogP) is 1.83. The molecule has 0 bridgehead atoms. The van der Waals surface area contributed by atoms with Crippen molar-refractivity contribution in [2.45, 2.75) is 18.9 Å². The van der Waals surface area contributed by atoms with Gasteiger partial charge in [-0.2, -0.15) is 0 Å². The van der Waals surface area contributed by atoms with Crippen molar-refractivity contribution in [3.8, 4) is 11.3 Å². The van der Waals surface area contributed by atoms with Gasteiger partial charge < -0.3 is 9.30 Å². The molecule has 0 unspecified atom stereocenters. The van der Waals surface area contributed by atoms with Gasteiger partial charge in [0.15, 0.2) is 0 Å². The second-order valence-electron chi connectivity index (χ2n) is 4.74. The predicted molar refractivity (Wildman–Crippen MR) is 72.1 cm³/mol. The molecule has 96 valence electrons. The van der Waals surface area contributed by atoms with Gasteiger partial charge in [-0.15, -0.1) is 0 Å². The molecule has 1 aromatic carbocycles. The van der Waals surface area contributed by atoms with E-state index in [9.17, 15) is 4.39 Å². The summed E-state index contributed by atoms with van der Waals surface area (Å²) >= 11 is 0. The van der Waals surface area contributed by atoms with Gasteiger partial charge in [-0.05, 0) is 42.7 Å². The highest BCUT2D eigenvalue weighted by atomic mass is 19.1. The Morgan fingerprint density at radius 1 is 1.21 bits per heavy atom. The average molecular weight is 256 g/mol. The topological polar surface area (TPSA) is 27.1 Å². The maximum atomic E-state index is 12.9. The van der Waals surface area contributed by atoms with Gasteiger partial charge in [0.1, 0.15) is 13.7 Å². The zero-order valence-electron chi connectivity index (χ0n) is 10.6. The zero-order valence-corrected chi connectivity index (χ0v) is 10.6. The van der Waals surface area contributed by atoms with Gasteiger partial charge in [0.05, 0.1) is 12.0 Å². The Morgan fingerprint density at radius 2 is 1.89 bits per heavy atom. The van der Waals surface area contributed by atoms with Crippen molar-refractivity contribution in [3.63, 3.8) is 0 Å². The third-order valence-corrected chi connectivity index (χ3v) is 3.53. The second-order valence-corrected chi connectivity index (χ2v) is 4.74. The summed E-state index contributed by atoms with van der Waals surface area (Å²) in [7, 11) is 6.17. The van der Waals surface area contributed by atoms with E-state index >= 15 is 0 Å². The minimum Gasteiger partial charge on any atom is -0.381 e. The molecular weight excluding hydrogens is 242 g/mol. The number of rotatable bonds is 2. The van der Waals surface area contributed by atoms with Gasteiger partial charge >= 0.3 is 0 Å². The summed E-state index contributed by atoms with van der Waals surface area (Å²) < 4.78 is 20.3. The smallest absolute Gasteiger partial charge is 0.141 e. The van der Waals surface area contributed by atoms with Crippen molar-refractivity contribution in [2.24, 2.45) is 0 Å². The van der Waals surface area contributed by atoms with Crippen molar-refractivity contribution in [1.29, 1.82) is 0 Å². The molecule has 0 saturated carbocycles. The lowest BCUT2D eigenvalue weighted by atomic mass is 9.96. The molecular formula is C14H14BFN2O. The Kier molecular flexibility index (Phi) is 3.38. The molecule has 19 heavy (non-hydrogen) atoms. The van der Waals surface area contributed by atoms with Gasteiger partial charge in [0, 0.05) is 24.8 Å². The monoisotopic (exact) mass is 256 g/mol. The van der Waals surface area contributed by atoms with E-state index in [0.29, 0.717) is 17.3 Å². The van der Waals surface area contributed by atoms with Crippen molar-refractivity contribution < 1.29 is 9.13 Å². The molecule has 0 atom stereocenters. The van der Waals surface area contributed by atoms with E-state index in [-0.39, 0.29) is 5.82 Å². The Balaban J connectivity index is 1.91. The molecule has 2 aromatic rings. The van der Waals surface area contributed by atoms with Gasteiger partial charge in [0.2, 0.25) is 0 Å². The minimum atomic E-state index is -0.258. The molecule has 2 heterocycles. The molecule has 3 nitrogen and oxygen atoms in total. The molecule has 0 N–H and O–H groups in total. The van der Waals surface area contributed by atoms with Crippen LogP contribution in [-0.4, -0.2) is 30.6 Å². The molecule has 1 saturated heterocycles. The molecule has 2 radical (unpaired) electrons. The first-order chi connectivity index (χ1) is 9.25. The van der Waals surface area contributed by atoms with Crippen LogP contribution >= 0.6 is 0 Å². The van der Waals surface area contributed by atoms with Crippen LogP contribution in [0.4, 0.5) is 4.39 Å². The summed E-state index contributed by atoms with van der Waals surface area (Å²) in [6.07, 6.45) is 3.66. The molecule has 5 heteroatoms. The lowest BCUT2D eigenvalue weighted by Gasteiger charge is -2.24. The number of aromatic nitrogens is 2. The van der Waals surface area contributed by atoms with Gasteiger partial charge in [-0.1, -0.05) is 0 Å². The van der Waals surface area contributed by atoms with Crippen molar-refractivity contribution in [2.75, 3.05) is 13.2 Å². The fourth-order valence-electron chi connectivity index (χ4n) is 2.46.